The Hall–Kier alpha value is 0.154. The first-order valence-corrected chi connectivity index (χ1v) is 11.3. The lowest BCUT2D eigenvalue weighted by molar-refractivity contribution is 0.120. The summed E-state index contributed by atoms with van der Waals surface area (Å²) in [5.41, 5.74) is 0. The van der Waals surface area contributed by atoms with Crippen molar-refractivity contribution in [1.29, 1.82) is 0 Å². The number of rotatable bonds is 15. The smallest absolute Gasteiger partial charge is 0.400 e. The molecule has 0 aliphatic rings. The van der Waals surface area contributed by atoms with E-state index in [9.17, 15) is 5.11 Å². The summed E-state index contributed by atoms with van der Waals surface area (Å²) in [5.74, 6) is 0. The topological polar surface area (TPSA) is 69.6 Å². The molecule has 0 aromatic carbocycles. The average molecular weight is 356 g/mol. The molecule has 134 valence electrons. The minimum Gasteiger partial charge on any atom is -0.400 e. The van der Waals surface area contributed by atoms with Crippen LogP contribution in [0.5, 0.6) is 0 Å². The van der Waals surface area contributed by atoms with Gasteiger partial charge in [-0.15, -0.1) is 0 Å². The van der Waals surface area contributed by atoms with Gasteiger partial charge in [-0.3, -0.25) is 0 Å². The number of aliphatic hydroxyl groups is 1. The van der Waals surface area contributed by atoms with E-state index >= 15 is 0 Å². The van der Waals surface area contributed by atoms with Gasteiger partial charge in [0.2, 0.25) is 0 Å². The number of hydrogen-bond donors (Lipinski definition) is 1. The molecule has 0 heterocycles. The first kappa shape index (κ1) is 22.2. The molecule has 0 saturated carbocycles. The largest absolute Gasteiger partial charge is 0.500 e. The van der Waals surface area contributed by atoms with Gasteiger partial charge in [-0.05, 0) is 32.0 Å². The van der Waals surface area contributed by atoms with Crippen LogP contribution in [-0.2, 0) is 22.1 Å². The van der Waals surface area contributed by atoms with Crippen molar-refractivity contribution >= 4 is 18.1 Å². The van der Waals surface area contributed by atoms with Crippen molar-refractivity contribution in [2.75, 3.05) is 61.8 Å². The normalized spacial score (nSPS) is 12.5. The molecule has 0 aromatic rings. The van der Waals surface area contributed by atoms with Crippen LogP contribution in [-0.4, -0.2) is 89.9 Å². The maximum absolute atomic E-state index is 9.19. The van der Waals surface area contributed by atoms with E-state index in [-0.39, 0.29) is 6.61 Å². The highest BCUT2D eigenvalue weighted by atomic mass is 28.4. The summed E-state index contributed by atoms with van der Waals surface area (Å²) >= 11 is 0. The van der Waals surface area contributed by atoms with Gasteiger partial charge in [0.15, 0.2) is 0 Å². The first-order chi connectivity index (χ1) is 10.6. The van der Waals surface area contributed by atoms with Crippen LogP contribution < -0.4 is 0 Å². The summed E-state index contributed by atoms with van der Waals surface area (Å²) in [7, 11) is 4.33. The number of nitrogens with zero attached hydrogens (tertiary/aromatic N) is 1. The molecule has 0 aliphatic heterocycles. The zero-order chi connectivity index (χ0) is 16.8. The van der Waals surface area contributed by atoms with Gasteiger partial charge in [-0.25, -0.2) is 0 Å². The Morgan fingerprint density at radius 2 is 1.41 bits per heavy atom. The van der Waals surface area contributed by atoms with E-state index in [1.165, 1.54) is 0 Å². The minimum atomic E-state index is -2.49. The molecule has 1 N–H and O–H groups in total. The molecule has 0 aromatic heterocycles. The van der Waals surface area contributed by atoms with Crippen LogP contribution in [0, 0.1) is 0 Å². The quantitative estimate of drug-likeness (QED) is 0.428. The van der Waals surface area contributed by atoms with E-state index < -0.39 is 18.1 Å². The van der Waals surface area contributed by atoms with Gasteiger partial charge in [0.1, 0.15) is 0 Å². The molecule has 0 rings (SSSR count). The fraction of sp³-hybridized carbons (Fsp3) is 1.00. The molecule has 0 amide bonds. The second kappa shape index (κ2) is 13.6. The standard InChI is InChI=1S/C13H33NO6Si2/c1-16-21(17-2)12-6-8-14(10-11-15)9-7-13-22(18-3,19-4)20-5/h15,21H,6-13H2,1-5H3. The number of hydrogen-bond acceptors (Lipinski definition) is 7. The van der Waals surface area contributed by atoms with E-state index in [0.29, 0.717) is 6.54 Å². The zero-order valence-electron chi connectivity index (χ0n) is 14.7. The molecule has 0 bridgehead atoms. The highest BCUT2D eigenvalue weighted by Gasteiger charge is 2.36. The molecular formula is C13H33NO6Si2. The van der Waals surface area contributed by atoms with Crippen molar-refractivity contribution < 1.29 is 27.2 Å². The summed E-state index contributed by atoms with van der Waals surface area (Å²) < 4.78 is 26.9. The van der Waals surface area contributed by atoms with Crippen molar-refractivity contribution in [1.82, 2.24) is 4.90 Å². The molecule has 0 saturated heterocycles. The Morgan fingerprint density at radius 1 is 0.864 bits per heavy atom. The third-order valence-electron chi connectivity index (χ3n) is 3.75. The monoisotopic (exact) mass is 355 g/mol. The van der Waals surface area contributed by atoms with Gasteiger partial charge in [0.25, 0.3) is 0 Å². The second-order valence-corrected chi connectivity index (χ2v) is 10.5. The average Bonchev–Trinajstić information content (AvgIpc) is 2.56. The molecule has 0 fully saturated rings. The minimum absolute atomic E-state index is 0.164. The molecule has 9 heteroatoms. The van der Waals surface area contributed by atoms with Gasteiger partial charge >= 0.3 is 18.1 Å². The van der Waals surface area contributed by atoms with Crippen molar-refractivity contribution in [2.24, 2.45) is 0 Å². The summed E-state index contributed by atoms with van der Waals surface area (Å²) in [4.78, 5) is 2.25. The molecule has 0 unspecified atom stereocenters. The Kier molecular flexibility index (Phi) is 13.7. The Balaban J connectivity index is 4.13. The lowest BCUT2D eigenvalue weighted by Crippen LogP contribution is -2.43. The second-order valence-electron chi connectivity index (χ2n) is 5.01. The van der Waals surface area contributed by atoms with Crippen LogP contribution in [0.4, 0.5) is 0 Å². The predicted molar refractivity (Wildman–Crippen MR) is 90.3 cm³/mol. The van der Waals surface area contributed by atoms with Crippen molar-refractivity contribution in [3.63, 3.8) is 0 Å². The maximum Gasteiger partial charge on any atom is 0.500 e. The number of aliphatic hydroxyl groups excluding tert-OH is 1. The van der Waals surface area contributed by atoms with Gasteiger partial charge in [0, 0.05) is 48.1 Å². The lowest BCUT2D eigenvalue weighted by Gasteiger charge is -2.26. The summed E-state index contributed by atoms with van der Waals surface area (Å²) in [6.45, 7) is 2.65. The summed E-state index contributed by atoms with van der Waals surface area (Å²) in [6, 6.07) is 1.74. The third kappa shape index (κ3) is 8.70. The summed E-state index contributed by atoms with van der Waals surface area (Å²) in [5, 5.41) is 9.19. The van der Waals surface area contributed by atoms with Gasteiger partial charge < -0.3 is 32.1 Å². The van der Waals surface area contributed by atoms with E-state index in [2.05, 4.69) is 4.90 Å². The molecule has 0 spiro atoms. The lowest BCUT2D eigenvalue weighted by atomic mass is 10.3. The summed E-state index contributed by atoms with van der Waals surface area (Å²) in [6.07, 6.45) is 1.93. The Morgan fingerprint density at radius 3 is 1.86 bits per heavy atom. The van der Waals surface area contributed by atoms with Crippen LogP contribution in [0.1, 0.15) is 12.8 Å². The van der Waals surface area contributed by atoms with E-state index in [0.717, 1.165) is 38.0 Å². The first-order valence-electron chi connectivity index (χ1n) is 7.65. The van der Waals surface area contributed by atoms with Gasteiger partial charge in [-0.2, -0.15) is 0 Å². The zero-order valence-corrected chi connectivity index (χ0v) is 16.8. The van der Waals surface area contributed by atoms with Crippen LogP contribution in [0.15, 0.2) is 0 Å². The van der Waals surface area contributed by atoms with Crippen LogP contribution in [0.25, 0.3) is 0 Å². The Labute approximate surface area is 137 Å². The fourth-order valence-corrected chi connectivity index (χ4v) is 5.25. The van der Waals surface area contributed by atoms with Crippen molar-refractivity contribution in [3.8, 4) is 0 Å². The maximum atomic E-state index is 9.19. The van der Waals surface area contributed by atoms with Crippen molar-refractivity contribution in [2.45, 2.75) is 24.9 Å². The molecule has 22 heavy (non-hydrogen) atoms. The van der Waals surface area contributed by atoms with E-state index in [1.807, 2.05) is 0 Å². The molecule has 0 aliphatic carbocycles. The van der Waals surface area contributed by atoms with Crippen molar-refractivity contribution in [3.05, 3.63) is 0 Å². The molecule has 0 radical (unpaired) electrons. The Bertz CT molecular complexity index is 246. The van der Waals surface area contributed by atoms with Crippen LogP contribution >= 0.6 is 0 Å². The molecule has 7 nitrogen and oxygen atoms in total. The third-order valence-corrected chi connectivity index (χ3v) is 8.51. The fourth-order valence-electron chi connectivity index (χ4n) is 2.37. The molecular weight excluding hydrogens is 322 g/mol. The highest BCUT2D eigenvalue weighted by molar-refractivity contribution is 6.60. The van der Waals surface area contributed by atoms with Crippen LogP contribution in [0.2, 0.25) is 12.1 Å². The van der Waals surface area contributed by atoms with Gasteiger partial charge in [0.05, 0.1) is 6.61 Å². The van der Waals surface area contributed by atoms with Gasteiger partial charge in [-0.1, -0.05) is 0 Å². The predicted octanol–water partition coefficient (Wildman–Crippen LogP) is 0.452. The van der Waals surface area contributed by atoms with Crippen LogP contribution in [0.3, 0.4) is 0 Å². The SMILES string of the molecule is CO[SiH](CCCN(CCO)CCC[Si](OC)(OC)OC)OC. The molecule has 0 atom stereocenters. The van der Waals surface area contributed by atoms with E-state index in [1.54, 1.807) is 35.5 Å². The highest BCUT2D eigenvalue weighted by Crippen LogP contribution is 2.15. The van der Waals surface area contributed by atoms with E-state index in [4.69, 9.17) is 22.1 Å².